The summed E-state index contributed by atoms with van der Waals surface area (Å²) >= 11 is 0. The summed E-state index contributed by atoms with van der Waals surface area (Å²) in [4.78, 5) is 17.1. The van der Waals surface area contributed by atoms with E-state index in [0.717, 1.165) is 48.0 Å². The molecule has 2 N–H and O–H groups in total. The Balaban J connectivity index is 1.46. The average Bonchev–Trinajstić information content (AvgIpc) is 3.36. The monoisotopic (exact) mass is 369 g/mol. The number of rotatable bonds is 7. The number of aromatic nitrogens is 5. The highest BCUT2D eigenvalue weighted by atomic mass is 16.5. The van der Waals surface area contributed by atoms with E-state index in [1.807, 2.05) is 23.7 Å². The Morgan fingerprint density at radius 1 is 1.33 bits per heavy atom. The van der Waals surface area contributed by atoms with Gasteiger partial charge < -0.3 is 24.5 Å². The van der Waals surface area contributed by atoms with Gasteiger partial charge in [0.2, 0.25) is 5.95 Å². The number of benzene rings is 1. The minimum atomic E-state index is -0.146. The third-order valence-corrected chi connectivity index (χ3v) is 4.83. The zero-order chi connectivity index (χ0) is 18.8. The maximum atomic E-state index is 12.6. The summed E-state index contributed by atoms with van der Waals surface area (Å²) in [5, 5.41) is 14.5. The molecule has 4 rings (SSSR count). The van der Waals surface area contributed by atoms with Gasteiger partial charge in [-0.15, -0.1) is 10.2 Å². The maximum Gasteiger partial charge on any atom is 0.251 e. The summed E-state index contributed by atoms with van der Waals surface area (Å²) < 4.78 is 9.10. The van der Waals surface area contributed by atoms with Gasteiger partial charge in [0.15, 0.2) is 5.82 Å². The number of carbonyl (C=O) groups is 1. The number of carbonyl (C=O) groups excluding carboxylic acids is 1. The minimum Gasteiger partial charge on any atom is -0.383 e. The zero-order valence-electron chi connectivity index (χ0n) is 15.5. The van der Waals surface area contributed by atoms with Crippen molar-refractivity contribution in [2.75, 3.05) is 25.6 Å². The van der Waals surface area contributed by atoms with E-state index < -0.39 is 0 Å². The molecule has 1 aliphatic rings. The number of nitrogens with one attached hydrogen (secondary N) is 2. The molecule has 0 spiro atoms. The molecule has 9 heteroatoms. The van der Waals surface area contributed by atoms with Crippen molar-refractivity contribution in [2.45, 2.75) is 25.9 Å². The first-order valence-corrected chi connectivity index (χ1v) is 9.06. The highest BCUT2D eigenvalue weighted by Gasteiger charge is 2.18. The van der Waals surface area contributed by atoms with Crippen LogP contribution < -0.4 is 10.6 Å². The Morgan fingerprint density at radius 3 is 3.07 bits per heavy atom. The molecular weight excluding hydrogens is 346 g/mol. The molecule has 0 saturated carbocycles. The van der Waals surface area contributed by atoms with E-state index in [1.165, 1.54) is 0 Å². The van der Waals surface area contributed by atoms with Gasteiger partial charge >= 0.3 is 0 Å². The van der Waals surface area contributed by atoms with Gasteiger partial charge in [0.1, 0.15) is 5.82 Å². The predicted molar refractivity (Wildman–Crippen MR) is 101 cm³/mol. The number of ether oxygens (including phenoxy) is 1. The van der Waals surface area contributed by atoms with Crippen molar-refractivity contribution in [1.82, 2.24) is 29.6 Å². The van der Waals surface area contributed by atoms with E-state index in [0.29, 0.717) is 25.3 Å². The van der Waals surface area contributed by atoms with Crippen LogP contribution in [0.3, 0.4) is 0 Å². The van der Waals surface area contributed by atoms with Crippen molar-refractivity contribution in [3.63, 3.8) is 0 Å². The van der Waals surface area contributed by atoms with Crippen LogP contribution in [0.2, 0.25) is 0 Å². The second kappa shape index (κ2) is 7.36. The van der Waals surface area contributed by atoms with Gasteiger partial charge in [-0.25, -0.2) is 4.98 Å². The van der Waals surface area contributed by atoms with Crippen LogP contribution in [0.25, 0.3) is 11.0 Å². The molecule has 0 bridgehead atoms. The van der Waals surface area contributed by atoms with Crippen molar-refractivity contribution in [1.29, 1.82) is 0 Å². The standard InChI is InChI=1S/C18H23N7O2/c1-24-14-6-5-12(10-13(14)21-18(24)19-7-9-27-2)17(26)20-11-16-23-22-15-4-3-8-25(15)16/h5-6,10H,3-4,7-9,11H2,1-2H3,(H,19,21)(H,20,26). The van der Waals surface area contributed by atoms with Gasteiger partial charge in [-0.2, -0.15) is 0 Å². The predicted octanol–water partition coefficient (Wildman–Crippen LogP) is 1.10. The van der Waals surface area contributed by atoms with E-state index in [9.17, 15) is 4.79 Å². The number of hydrogen-bond donors (Lipinski definition) is 2. The lowest BCUT2D eigenvalue weighted by Gasteiger charge is -2.06. The van der Waals surface area contributed by atoms with Crippen LogP contribution in [-0.2, 0) is 31.3 Å². The summed E-state index contributed by atoms with van der Waals surface area (Å²) in [5.74, 6) is 2.41. The van der Waals surface area contributed by atoms with Gasteiger partial charge in [0, 0.05) is 39.2 Å². The largest absolute Gasteiger partial charge is 0.383 e. The average molecular weight is 369 g/mol. The van der Waals surface area contributed by atoms with E-state index in [-0.39, 0.29) is 5.91 Å². The molecule has 2 aromatic heterocycles. The smallest absolute Gasteiger partial charge is 0.251 e. The molecule has 0 unspecified atom stereocenters. The fourth-order valence-corrected chi connectivity index (χ4v) is 3.37. The highest BCUT2D eigenvalue weighted by Crippen LogP contribution is 2.20. The minimum absolute atomic E-state index is 0.146. The molecule has 27 heavy (non-hydrogen) atoms. The summed E-state index contributed by atoms with van der Waals surface area (Å²) in [7, 11) is 3.60. The van der Waals surface area contributed by atoms with E-state index in [1.54, 1.807) is 13.2 Å². The molecule has 142 valence electrons. The normalized spacial score (nSPS) is 13.1. The van der Waals surface area contributed by atoms with Gasteiger partial charge in [-0.3, -0.25) is 4.79 Å². The van der Waals surface area contributed by atoms with Crippen molar-refractivity contribution >= 4 is 22.9 Å². The van der Waals surface area contributed by atoms with Crippen LogP contribution in [-0.4, -0.2) is 50.5 Å². The van der Waals surface area contributed by atoms with Gasteiger partial charge in [0.25, 0.3) is 5.91 Å². The number of imidazole rings is 1. The quantitative estimate of drug-likeness (QED) is 0.605. The number of hydrogen-bond acceptors (Lipinski definition) is 6. The molecule has 1 amide bonds. The molecule has 0 radical (unpaired) electrons. The summed E-state index contributed by atoms with van der Waals surface area (Å²) in [6.07, 6.45) is 2.04. The number of fused-ring (bicyclic) bond motifs is 2. The summed E-state index contributed by atoms with van der Waals surface area (Å²) in [5.41, 5.74) is 2.31. The van der Waals surface area contributed by atoms with E-state index in [4.69, 9.17) is 4.74 Å². The first-order valence-electron chi connectivity index (χ1n) is 9.06. The van der Waals surface area contributed by atoms with Crippen LogP contribution in [0.5, 0.6) is 0 Å². The lowest BCUT2D eigenvalue weighted by atomic mass is 10.2. The molecule has 1 aromatic carbocycles. The number of anilines is 1. The van der Waals surface area contributed by atoms with E-state index >= 15 is 0 Å². The van der Waals surface area contributed by atoms with Crippen LogP contribution >= 0.6 is 0 Å². The van der Waals surface area contributed by atoms with Crippen LogP contribution in [0.4, 0.5) is 5.95 Å². The highest BCUT2D eigenvalue weighted by molar-refractivity contribution is 5.97. The molecule has 1 aliphatic heterocycles. The first kappa shape index (κ1) is 17.5. The van der Waals surface area contributed by atoms with Crippen molar-refractivity contribution < 1.29 is 9.53 Å². The number of nitrogens with zero attached hydrogens (tertiary/aromatic N) is 5. The first-order chi connectivity index (χ1) is 13.2. The van der Waals surface area contributed by atoms with E-state index in [2.05, 4.69) is 30.4 Å². The number of methoxy groups -OCH3 is 1. The molecule has 0 aliphatic carbocycles. The van der Waals surface area contributed by atoms with Gasteiger partial charge in [0.05, 0.1) is 24.2 Å². The van der Waals surface area contributed by atoms with Gasteiger partial charge in [-0.1, -0.05) is 0 Å². The van der Waals surface area contributed by atoms with Crippen LogP contribution in [0.1, 0.15) is 28.4 Å². The second-order valence-corrected chi connectivity index (χ2v) is 6.59. The SMILES string of the molecule is COCCNc1nc2cc(C(=O)NCc3nnc4n3CCC4)ccc2n1C. The Hall–Kier alpha value is -2.94. The molecular formula is C18H23N7O2. The lowest BCUT2D eigenvalue weighted by Crippen LogP contribution is -2.24. The summed E-state index contributed by atoms with van der Waals surface area (Å²) in [6.45, 7) is 2.56. The third kappa shape index (κ3) is 3.37. The lowest BCUT2D eigenvalue weighted by molar-refractivity contribution is 0.0949. The fourth-order valence-electron chi connectivity index (χ4n) is 3.37. The topological polar surface area (TPSA) is 98.9 Å². The Labute approximate surface area is 156 Å². The zero-order valence-corrected chi connectivity index (χ0v) is 15.5. The molecule has 0 fully saturated rings. The Kier molecular flexibility index (Phi) is 4.76. The third-order valence-electron chi connectivity index (χ3n) is 4.83. The van der Waals surface area contributed by atoms with Crippen molar-refractivity contribution in [2.24, 2.45) is 7.05 Å². The molecule has 3 aromatic rings. The van der Waals surface area contributed by atoms with Crippen molar-refractivity contribution in [3.8, 4) is 0 Å². The molecule has 9 nitrogen and oxygen atoms in total. The summed E-state index contributed by atoms with van der Waals surface area (Å²) in [6, 6.07) is 5.53. The maximum absolute atomic E-state index is 12.6. The molecule has 3 heterocycles. The molecule has 0 saturated heterocycles. The Morgan fingerprint density at radius 2 is 2.22 bits per heavy atom. The fraction of sp³-hybridized carbons (Fsp3) is 0.444. The van der Waals surface area contributed by atoms with Crippen LogP contribution in [0, 0.1) is 0 Å². The number of amides is 1. The van der Waals surface area contributed by atoms with Crippen LogP contribution in [0.15, 0.2) is 18.2 Å². The van der Waals surface area contributed by atoms with Crippen molar-refractivity contribution in [3.05, 3.63) is 35.4 Å². The number of aryl methyl sites for hydroxylation is 2. The molecule has 0 atom stereocenters. The van der Waals surface area contributed by atoms with Gasteiger partial charge in [-0.05, 0) is 24.6 Å². The Bertz CT molecular complexity index is 976. The second-order valence-electron chi connectivity index (χ2n) is 6.59.